The van der Waals surface area contributed by atoms with Gasteiger partial charge in [0.2, 0.25) is 0 Å². The van der Waals surface area contributed by atoms with E-state index in [0.717, 1.165) is 24.3 Å². The molecule has 1 nitrogen and oxygen atoms in total. The van der Waals surface area contributed by atoms with Gasteiger partial charge in [-0.1, -0.05) is 13.3 Å². The number of aryl methyl sites for hydroxylation is 1. The SMILES string of the molecule is CCCNC(c1ccc(C)s1)C1CC2CCC1C2. The molecule has 0 aromatic carbocycles. The molecule has 2 fully saturated rings. The average Bonchev–Trinajstić information content (AvgIpc) is 3.06. The first kappa shape index (κ1) is 12.7. The van der Waals surface area contributed by atoms with Gasteiger partial charge in [-0.2, -0.15) is 0 Å². The molecule has 2 saturated carbocycles. The fourth-order valence-corrected chi connectivity index (χ4v) is 5.11. The van der Waals surface area contributed by atoms with Crippen LogP contribution in [0.1, 0.15) is 54.8 Å². The number of rotatable bonds is 5. The summed E-state index contributed by atoms with van der Waals surface area (Å²) in [5, 5.41) is 3.84. The first-order valence-electron chi connectivity index (χ1n) is 7.57. The highest BCUT2D eigenvalue weighted by atomic mass is 32.1. The van der Waals surface area contributed by atoms with Crippen LogP contribution in [0.4, 0.5) is 0 Å². The van der Waals surface area contributed by atoms with Crippen molar-refractivity contribution in [3.63, 3.8) is 0 Å². The Bertz CT molecular complexity index is 398. The van der Waals surface area contributed by atoms with Crippen LogP contribution in [0.25, 0.3) is 0 Å². The second-order valence-electron chi connectivity index (χ2n) is 6.22. The van der Waals surface area contributed by atoms with Crippen LogP contribution in [0.2, 0.25) is 0 Å². The maximum Gasteiger partial charge on any atom is 0.0446 e. The van der Waals surface area contributed by atoms with Crippen molar-refractivity contribution >= 4 is 11.3 Å². The zero-order valence-corrected chi connectivity index (χ0v) is 12.4. The van der Waals surface area contributed by atoms with E-state index in [1.807, 2.05) is 11.3 Å². The van der Waals surface area contributed by atoms with Crippen molar-refractivity contribution in [3.8, 4) is 0 Å². The monoisotopic (exact) mass is 263 g/mol. The van der Waals surface area contributed by atoms with Crippen molar-refractivity contribution in [1.29, 1.82) is 0 Å². The van der Waals surface area contributed by atoms with Crippen molar-refractivity contribution in [3.05, 3.63) is 21.9 Å². The lowest BCUT2D eigenvalue weighted by Gasteiger charge is -2.30. The first-order valence-corrected chi connectivity index (χ1v) is 8.39. The van der Waals surface area contributed by atoms with Crippen LogP contribution < -0.4 is 5.32 Å². The van der Waals surface area contributed by atoms with E-state index < -0.39 is 0 Å². The molecule has 2 aliphatic carbocycles. The van der Waals surface area contributed by atoms with Gasteiger partial charge in [-0.3, -0.25) is 0 Å². The summed E-state index contributed by atoms with van der Waals surface area (Å²) in [5.41, 5.74) is 0. The largest absolute Gasteiger partial charge is 0.309 e. The summed E-state index contributed by atoms with van der Waals surface area (Å²) < 4.78 is 0. The molecule has 0 radical (unpaired) electrons. The van der Waals surface area contributed by atoms with Crippen LogP contribution in [-0.4, -0.2) is 6.54 Å². The van der Waals surface area contributed by atoms with E-state index in [2.05, 4.69) is 31.3 Å². The zero-order valence-electron chi connectivity index (χ0n) is 11.6. The summed E-state index contributed by atoms with van der Waals surface area (Å²) in [6, 6.07) is 5.28. The maximum absolute atomic E-state index is 3.84. The van der Waals surface area contributed by atoms with Crippen molar-refractivity contribution < 1.29 is 0 Å². The number of fused-ring (bicyclic) bond motifs is 2. The van der Waals surface area contributed by atoms with Gasteiger partial charge in [0.1, 0.15) is 0 Å². The molecule has 18 heavy (non-hydrogen) atoms. The Hall–Kier alpha value is -0.340. The molecule has 1 N–H and O–H groups in total. The average molecular weight is 263 g/mol. The third-order valence-electron chi connectivity index (χ3n) is 4.90. The number of hydrogen-bond acceptors (Lipinski definition) is 2. The summed E-state index contributed by atoms with van der Waals surface area (Å²) in [6.07, 6.45) is 7.22. The Morgan fingerprint density at radius 3 is 2.78 bits per heavy atom. The zero-order chi connectivity index (χ0) is 12.5. The summed E-state index contributed by atoms with van der Waals surface area (Å²) in [4.78, 5) is 3.04. The van der Waals surface area contributed by atoms with Crippen LogP contribution in [0.3, 0.4) is 0 Å². The summed E-state index contributed by atoms with van der Waals surface area (Å²) in [7, 11) is 0. The molecule has 0 spiro atoms. The van der Waals surface area contributed by atoms with Crippen molar-refractivity contribution in [1.82, 2.24) is 5.32 Å². The molecular weight excluding hydrogens is 238 g/mol. The Kier molecular flexibility index (Phi) is 3.76. The molecule has 4 atom stereocenters. The van der Waals surface area contributed by atoms with E-state index in [1.54, 1.807) is 4.88 Å². The van der Waals surface area contributed by atoms with Crippen molar-refractivity contribution in [2.75, 3.05) is 6.54 Å². The van der Waals surface area contributed by atoms with Gasteiger partial charge in [-0.15, -0.1) is 11.3 Å². The highest BCUT2D eigenvalue weighted by Gasteiger charge is 2.43. The first-order chi connectivity index (χ1) is 8.78. The van der Waals surface area contributed by atoms with Gasteiger partial charge in [0.25, 0.3) is 0 Å². The lowest BCUT2D eigenvalue weighted by atomic mass is 9.82. The Labute approximate surface area is 115 Å². The van der Waals surface area contributed by atoms with E-state index in [4.69, 9.17) is 0 Å². The Morgan fingerprint density at radius 2 is 2.22 bits per heavy atom. The van der Waals surface area contributed by atoms with E-state index >= 15 is 0 Å². The third-order valence-corrected chi connectivity index (χ3v) is 5.99. The lowest BCUT2D eigenvalue weighted by molar-refractivity contribution is 0.253. The maximum atomic E-state index is 3.84. The van der Waals surface area contributed by atoms with Gasteiger partial charge in [0.15, 0.2) is 0 Å². The van der Waals surface area contributed by atoms with Crippen LogP contribution in [0, 0.1) is 24.7 Å². The molecule has 2 bridgehead atoms. The summed E-state index contributed by atoms with van der Waals surface area (Å²) >= 11 is 2.00. The highest BCUT2D eigenvalue weighted by molar-refractivity contribution is 7.12. The van der Waals surface area contributed by atoms with Crippen LogP contribution >= 0.6 is 11.3 Å². The fourth-order valence-electron chi connectivity index (χ4n) is 4.09. The van der Waals surface area contributed by atoms with Gasteiger partial charge in [0.05, 0.1) is 0 Å². The smallest absolute Gasteiger partial charge is 0.0446 e. The van der Waals surface area contributed by atoms with E-state index in [9.17, 15) is 0 Å². The Balaban J connectivity index is 1.77. The molecule has 4 unspecified atom stereocenters. The molecular formula is C16H25NS. The number of thiophene rings is 1. The van der Waals surface area contributed by atoms with E-state index in [-0.39, 0.29) is 0 Å². The second kappa shape index (κ2) is 5.34. The molecule has 0 saturated heterocycles. The predicted octanol–water partition coefficient (Wildman–Crippen LogP) is 4.53. The Morgan fingerprint density at radius 1 is 1.33 bits per heavy atom. The summed E-state index contributed by atoms with van der Waals surface area (Å²) in [6.45, 7) is 5.66. The second-order valence-corrected chi connectivity index (χ2v) is 7.54. The van der Waals surface area contributed by atoms with Gasteiger partial charge in [-0.05, 0) is 69.0 Å². The molecule has 2 heteroatoms. The predicted molar refractivity (Wildman–Crippen MR) is 79.0 cm³/mol. The molecule has 0 aliphatic heterocycles. The lowest BCUT2D eigenvalue weighted by Crippen LogP contribution is -2.31. The standard InChI is InChI=1S/C16H25NS/c1-3-8-17-16(15-7-4-11(2)18-15)14-10-12-5-6-13(14)9-12/h4,7,12-14,16-17H,3,5-6,8-10H2,1-2H3. The topological polar surface area (TPSA) is 12.0 Å². The van der Waals surface area contributed by atoms with Gasteiger partial charge >= 0.3 is 0 Å². The third kappa shape index (κ3) is 2.37. The summed E-state index contributed by atoms with van der Waals surface area (Å²) in [5.74, 6) is 2.96. The van der Waals surface area contributed by atoms with Crippen LogP contribution in [0.15, 0.2) is 12.1 Å². The minimum absolute atomic E-state index is 0.638. The van der Waals surface area contributed by atoms with Gasteiger partial charge < -0.3 is 5.32 Å². The normalized spacial score (nSPS) is 32.0. The fraction of sp³-hybridized carbons (Fsp3) is 0.750. The van der Waals surface area contributed by atoms with Crippen molar-refractivity contribution in [2.45, 2.75) is 52.0 Å². The molecule has 0 amide bonds. The number of hydrogen-bond donors (Lipinski definition) is 1. The molecule has 100 valence electrons. The van der Waals surface area contributed by atoms with E-state index in [0.29, 0.717) is 6.04 Å². The van der Waals surface area contributed by atoms with Gasteiger partial charge in [0, 0.05) is 15.8 Å². The minimum atomic E-state index is 0.638. The highest BCUT2D eigenvalue weighted by Crippen LogP contribution is 2.53. The van der Waals surface area contributed by atoms with E-state index in [1.165, 1.54) is 37.0 Å². The molecule has 3 rings (SSSR count). The van der Waals surface area contributed by atoms with Crippen molar-refractivity contribution in [2.24, 2.45) is 17.8 Å². The quantitative estimate of drug-likeness (QED) is 0.823. The number of nitrogens with one attached hydrogen (secondary N) is 1. The molecule has 1 heterocycles. The minimum Gasteiger partial charge on any atom is -0.309 e. The molecule has 1 aromatic heterocycles. The van der Waals surface area contributed by atoms with Gasteiger partial charge in [-0.25, -0.2) is 0 Å². The van der Waals surface area contributed by atoms with Crippen LogP contribution in [0.5, 0.6) is 0 Å². The molecule has 1 aromatic rings. The van der Waals surface area contributed by atoms with Crippen LogP contribution in [-0.2, 0) is 0 Å². The molecule has 2 aliphatic rings.